The van der Waals surface area contributed by atoms with Crippen molar-refractivity contribution >= 4 is 29.7 Å². The monoisotopic (exact) mass is 393 g/mol. The normalized spacial score (nSPS) is 23.0. The van der Waals surface area contributed by atoms with Gasteiger partial charge in [-0.2, -0.15) is 0 Å². The summed E-state index contributed by atoms with van der Waals surface area (Å²) in [6.45, 7) is 0.442. The summed E-state index contributed by atoms with van der Waals surface area (Å²) < 4.78 is 0. The molecule has 2 heterocycles. The zero-order valence-corrected chi connectivity index (χ0v) is 16.4. The lowest BCUT2D eigenvalue weighted by molar-refractivity contribution is -0.117. The van der Waals surface area contributed by atoms with Crippen LogP contribution in [0.4, 0.5) is 0 Å². The molecule has 1 aliphatic heterocycles. The Balaban J connectivity index is 1.39. The molecule has 2 unspecified atom stereocenters. The summed E-state index contributed by atoms with van der Waals surface area (Å²) in [5.41, 5.74) is 2.48. The minimum atomic E-state index is -0.127. The van der Waals surface area contributed by atoms with Crippen molar-refractivity contribution in [2.75, 3.05) is 0 Å². The molecule has 1 saturated heterocycles. The zero-order chi connectivity index (χ0) is 19.3. The predicted molar refractivity (Wildman–Crippen MR) is 112 cm³/mol. The Hall–Kier alpha value is -2.60. The number of carbonyl (C=O) groups is 2. The number of fused-ring (bicyclic) bond motifs is 1. The Bertz CT molecular complexity index is 880. The summed E-state index contributed by atoms with van der Waals surface area (Å²) in [6, 6.07) is 11.4. The summed E-state index contributed by atoms with van der Waals surface area (Å²) in [7, 11) is 0. The van der Waals surface area contributed by atoms with Crippen LogP contribution in [0.5, 0.6) is 0 Å². The van der Waals surface area contributed by atoms with E-state index in [2.05, 4.69) is 15.6 Å². The maximum atomic E-state index is 12.4. The first-order valence-corrected chi connectivity index (χ1v) is 10.5. The fourth-order valence-electron chi connectivity index (χ4n) is 3.63. The third-order valence-electron chi connectivity index (χ3n) is 5.17. The van der Waals surface area contributed by atoms with Gasteiger partial charge in [-0.15, -0.1) is 11.8 Å². The topological polar surface area (TPSA) is 71.1 Å². The summed E-state index contributed by atoms with van der Waals surface area (Å²) >= 11 is 1.70. The van der Waals surface area contributed by atoms with Crippen molar-refractivity contribution in [3.63, 3.8) is 0 Å². The van der Waals surface area contributed by atoms with Crippen LogP contribution in [0.1, 0.15) is 47.2 Å². The largest absolute Gasteiger partial charge is 0.348 e. The Labute approximate surface area is 169 Å². The van der Waals surface area contributed by atoms with Gasteiger partial charge in [-0.1, -0.05) is 31.0 Å². The molecule has 2 amide bonds. The van der Waals surface area contributed by atoms with Crippen molar-refractivity contribution in [2.45, 2.75) is 43.5 Å². The first-order chi connectivity index (χ1) is 13.7. The van der Waals surface area contributed by atoms with Gasteiger partial charge in [-0.3, -0.25) is 14.6 Å². The van der Waals surface area contributed by atoms with Gasteiger partial charge in [0.2, 0.25) is 0 Å². The molecule has 0 spiro atoms. The van der Waals surface area contributed by atoms with Gasteiger partial charge in [-0.05, 0) is 48.2 Å². The van der Waals surface area contributed by atoms with Crippen LogP contribution in [0.15, 0.2) is 53.7 Å². The quantitative estimate of drug-likeness (QED) is 0.780. The highest BCUT2D eigenvalue weighted by molar-refractivity contribution is 8.04. The van der Waals surface area contributed by atoms with Crippen LogP contribution in [-0.4, -0.2) is 28.1 Å². The van der Waals surface area contributed by atoms with Gasteiger partial charge in [0.05, 0.1) is 4.91 Å². The third kappa shape index (κ3) is 4.44. The molecule has 2 aliphatic rings. The number of amides is 2. The lowest BCUT2D eigenvalue weighted by Crippen LogP contribution is -2.48. The number of rotatable bonds is 4. The summed E-state index contributed by atoms with van der Waals surface area (Å²) in [5, 5.41) is 6.53. The first kappa shape index (κ1) is 18.7. The second-order valence-corrected chi connectivity index (χ2v) is 8.48. The van der Waals surface area contributed by atoms with E-state index < -0.39 is 0 Å². The standard InChI is InChI=1S/C22H23N3O2S/c26-21(24-14-16-4-3-11-23-13-16)17-9-7-15(8-10-17)12-20-22(27)25-18-5-1-2-6-19(18)28-20/h3-4,7-13,18-19H,1-2,5-6,14H2,(H,24,26)(H,25,27)/b20-12+. The van der Waals surface area contributed by atoms with Crippen molar-refractivity contribution in [1.82, 2.24) is 15.6 Å². The van der Waals surface area contributed by atoms with Crippen LogP contribution in [0, 0.1) is 0 Å². The molecule has 0 radical (unpaired) electrons. The molecule has 144 valence electrons. The maximum Gasteiger partial charge on any atom is 0.257 e. The summed E-state index contributed by atoms with van der Waals surface area (Å²) in [4.78, 5) is 29.5. The Morgan fingerprint density at radius 3 is 2.82 bits per heavy atom. The van der Waals surface area contributed by atoms with Crippen LogP contribution >= 0.6 is 11.8 Å². The van der Waals surface area contributed by atoms with Crippen LogP contribution < -0.4 is 10.6 Å². The number of benzene rings is 1. The van der Waals surface area contributed by atoms with Crippen LogP contribution in [0.3, 0.4) is 0 Å². The molecular formula is C22H23N3O2S. The third-order valence-corrected chi connectivity index (χ3v) is 6.59. The maximum absolute atomic E-state index is 12.4. The SMILES string of the molecule is O=C1NC2CCCCC2S/C1=C/c1ccc(C(=O)NCc2cccnc2)cc1. The molecule has 1 aliphatic carbocycles. The minimum Gasteiger partial charge on any atom is -0.348 e. The highest BCUT2D eigenvalue weighted by Gasteiger charge is 2.34. The minimum absolute atomic E-state index is 0.0199. The molecule has 2 aromatic rings. The second kappa shape index (κ2) is 8.61. The molecule has 0 bridgehead atoms. The Morgan fingerprint density at radius 2 is 2.04 bits per heavy atom. The number of nitrogens with zero attached hydrogens (tertiary/aromatic N) is 1. The van der Waals surface area contributed by atoms with Gasteiger partial charge in [0.1, 0.15) is 0 Å². The Morgan fingerprint density at radius 1 is 1.21 bits per heavy atom. The van der Waals surface area contributed by atoms with Gasteiger partial charge in [0.15, 0.2) is 0 Å². The molecule has 28 heavy (non-hydrogen) atoms. The number of hydrogen-bond acceptors (Lipinski definition) is 4. The van der Waals surface area contributed by atoms with E-state index >= 15 is 0 Å². The van der Waals surface area contributed by atoms with E-state index in [-0.39, 0.29) is 11.8 Å². The number of aromatic nitrogens is 1. The predicted octanol–water partition coefficient (Wildman–Crippen LogP) is 3.53. The van der Waals surface area contributed by atoms with E-state index in [1.54, 1.807) is 36.3 Å². The van der Waals surface area contributed by atoms with Gasteiger partial charge in [0.25, 0.3) is 11.8 Å². The average Bonchev–Trinajstić information content (AvgIpc) is 2.74. The number of thioether (sulfide) groups is 1. The average molecular weight is 394 g/mol. The van der Waals surface area contributed by atoms with E-state index in [4.69, 9.17) is 0 Å². The second-order valence-electron chi connectivity index (χ2n) is 7.20. The van der Waals surface area contributed by atoms with Crippen molar-refractivity contribution < 1.29 is 9.59 Å². The lowest BCUT2D eigenvalue weighted by Gasteiger charge is -2.36. The van der Waals surface area contributed by atoms with Crippen molar-refractivity contribution in [3.8, 4) is 0 Å². The molecule has 1 aromatic heterocycles. The van der Waals surface area contributed by atoms with E-state index in [1.807, 2.05) is 30.3 Å². The van der Waals surface area contributed by atoms with Gasteiger partial charge in [-0.25, -0.2) is 0 Å². The highest BCUT2D eigenvalue weighted by atomic mass is 32.2. The zero-order valence-electron chi connectivity index (χ0n) is 15.6. The van der Waals surface area contributed by atoms with Crippen molar-refractivity contribution in [2.24, 2.45) is 0 Å². The Kier molecular flexibility index (Phi) is 5.76. The molecule has 2 N–H and O–H groups in total. The fraction of sp³-hybridized carbons (Fsp3) is 0.318. The smallest absolute Gasteiger partial charge is 0.257 e. The first-order valence-electron chi connectivity index (χ1n) is 9.65. The number of nitrogens with one attached hydrogen (secondary N) is 2. The van der Waals surface area contributed by atoms with Gasteiger partial charge < -0.3 is 10.6 Å². The molecule has 1 saturated carbocycles. The van der Waals surface area contributed by atoms with E-state index in [0.717, 1.165) is 28.9 Å². The number of pyridine rings is 1. The highest BCUT2D eigenvalue weighted by Crippen LogP contribution is 2.37. The molecule has 1 aromatic carbocycles. The van der Waals surface area contributed by atoms with E-state index in [9.17, 15) is 9.59 Å². The molecule has 4 rings (SSSR count). The van der Waals surface area contributed by atoms with E-state index in [1.165, 1.54) is 12.8 Å². The van der Waals surface area contributed by atoms with Gasteiger partial charge in [0, 0.05) is 35.8 Å². The van der Waals surface area contributed by atoms with Crippen LogP contribution in [0.25, 0.3) is 6.08 Å². The van der Waals surface area contributed by atoms with E-state index in [0.29, 0.717) is 23.4 Å². The summed E-state index contributed by atoms with van der Waals surface area (Å²) in [6.07, 6.45) is 10.0. The summed E-state index contributed by atoms with van der Waals surface area (Å²) in [5.74, 6) is -0.107. The molecule has 2 atom stereocenters. The number of hydrogen-bond donors (Lipinski definition) is 2. The molecule has 6 heteroatoms. The number of carbonyl (C=O) groups excluding carboxylic acids is 2. The van der Waals surface area contributed by atoms with Crippen LogP contribution in [0.2, 0.25) is 0 Å². The van der Waals surface area contributed by atoms with Crippen LogP contribution in [-0.2, 0) is 11.3 Å². The molecule has 5 nitrogen and oxygen atoms in total. The molecule has 2 fully saturated rings. The lowest BCUT2D eigenvalue weighted by atomic mass is 9.94. The van der Waals surface area contributed by atoms with Crippen molar-refractivity contribution in [1.29, 1.82) is 0 Å². The van der Waals surface area contributed by atoms with Crippen molar-refractivity contribution in [3.05, 3.63) is 70.4 Å². The van der Waals surface area contributed by atoms with Gasteiger partial charge >= 0.3 is 0 Å². The molecular weight excluding hydrogens is 370 g/mol. The fourth-order valence-corrected chi connectivity index (χ4v) is 4.98.